The monoisotopic (exact) mass is 513 g/mol. The zero-order chi connectivity index (χ0) is 24.6. The predicted molar refractivity (Wildman–Crippen MR) is 136 cm³/mol. The van der Waals surface area contributed by atoms with Crippen molar-refractivity contribution in [2.45, 2.75) is 13.8 Å². The number of nitrogens with one attached hydrogen (secondary N) is 2. The van der Waals surface area contributed by atoms with Gasteiger partial charge in [-0.05, 0) is 73.5 Å². The van der Waals surface area contributed by atoms with E-state index in [1.807, 2.05) is 32.0 Å². The number of nitrogens with zero attached hydrogens (tertiary/aromatic N) is 1. The average Bonchev–Trinajstić information content (AvgIpc) is 3.01. The van der Waals surface area contributed by atoms with Crippen LogP contribution in [-0.2, 0) is 9.59 Å². The summed E-state index contributed by atoms with van der Waals surface area (Å²) < 4.78 is 0. The Kier molecular flexibility index (Phi) is 6.66. The summed E-state index contributed by atoms with van der Waals surface area (Å²) in [6, 6.07) is 16.5. The van der Waals surface area contributed by atoms with E-state index >= 15 is 0 Å². The summed E-state index contributed by atoms with van der Waals surface area (Å²) in [7, 11) is 0. The molecule has 6 nitrogen and oxygen atoms in total. The van der Waals surface area contributed by atoms with Gasteiger partial charge < -0.3 is 10.6 Å². The van der Waals surface area contributed by atoms with Crippen molar-refractivity contribution in [3.63, 3.8) is 0 Å². The molecule has 0 atom stereocenters. The van der Waals surface area contributed by atoms with Gasteiger partial charge in [-0.2, -0.15) is 0 Å². The van der Waals surface area contributed by atoms with E-state index in [1.165, 1.54) is 18.2 Å². The van der Waals surface area contributed by atoms with E-state index in [-0.39, 0.29) is 32.4 Å². The summed E-state index contributed by atoms with van der Waals surface area (Å²) in [4.78, 5) is 39.3. The number of carbonyl (C=O) groups excluding carboxylic acids is 3. The van der Waals surface area contributed by atoms with Crippen LogP contribution < -0.4 is 15.5 Å². The van der Waals surface area contributed by atoms with Gasteiger partial charge in [0.15, 0.2) is 0 Å². The molecule has 0 saturated carbocycles. The van der Waals surface area contributed by atoms with E-state index in [4.69, 9.17) is 34.8 Å². The van der Waals surface area contributed by atoms with Crippen LogP contribution in [0.5, 0.6) is 0 Å². The molecule has 0 radical (unpaired) electrons. The van der Waals surface area contributed by atoms with Gasteiger partial charge in [0.1, 0.15) is 10.7 Å². The number of imide groups is 1. The van der Waals surface area contributed by atoms with Crippen LogP contribution in [0.25, 0.3) is 0 Å². The molecule has 0 aromatic heterocycles. The highest BCUT2D eigenvalue weighted by Crippen LogP contribution is 2.33. The first-order valence-corrected chi connectivity index (χ1v) is 11.3. The largest absolute Gasteiger partial charge is 0.350 e. The molecule has 3 aromatic carbocycles. The minimum absolute atomic E-state index is 0.107. The molecule has 3 amide bonds. The Morgan fingerprint density at radius 1 is 0.794 bits per heavy atom. The summed E-state index contributed by atoms with van der Waals surface area (Å²) in [6.45, 7) is 3.96. The van der Waals surface area contributed by atoms with Crippen LogP contribution in [0.15, 0.2) is 71.4 Å². The van der Waals surface area contributed by atoms with Crippen LogP contribution in [-0.4, -0.2) is 17.7 Å². The van der Waals surface area contributed by atoms with E-state index in [1.54, 1.807) is 24.3 Å². The molecule has 1 heterocycles. The Labute approximate surface area is 211 Å². The third-order valence-electron chi connectivity index (χ3n) is 5.35. The number of aryl methyl sites for hydroxylation is 2. The van der Waals surface area contributed by atoms with Gasteiger partial charge in [0.05, 0.1) is 15.7 Å². The van der Waals surface area contributed by atoms with E-state index < -0.39 is 11.8 Å². The first-order chi connectivity index (χ1) is 16.2. The number of rotatable bonds is 5. The topological polar surface area (TPSA) is 78.5 Å². The van der Waals surface area contributed by atoms with Crippen molar-refractivity contribution in [3.05, 3.63) is 98.1 Å². The molecule has 34 heavy (non-hydrogen) atoms. The van der Waals surface area contributed by atoms with Crippen molar-refractivity contribution in [2.75, 3.05) is 15.5 Å². The molecule has 9 heteroatoms. The van der Waals surface area contributed by atoms with Gasteiger partial charge in [0.2, 0.25) is 0 Å². The first kappa shape index (κ1) is 23.8. The molecule has 0 unspecified atom stereocenters. The second kappa shape index (κ2) is 9.50. The van der Waals surface area contributed by atoms with Gasteiger partial charge >= 0.3 is 0 Å². The predicted octanol–water partition coefficient (Wildman–Crippen LogP) is 6.30. The van der Waals surface area contributed by atoms with Crippen LogP contribution in [0.4, 0.5) is 17.1 Å². The van der Waals surface area contributed by atoms with E-state index in [0.717, 1.165) is 16.0 Å². The SMILES string of the molecule is Cc1ccc(NC(=O)c2cccc(NC3=C(Cl)C(=O)N(c4ccc(Cl)c(Cl)c4)C3=O)c2)cc1C. The molecular formula is C25H18Cl3N3O3. The van der Waals surface area contributed by atoms with E-state index in [0.29, 0.717) is 16.9 Å². The van der Waals surface area contributed by atoms with Crippen LogP contribution in [0.1, 0.15) is 21.5 Å². The Bertz CT molecular complexity index is 1380. The van der Waals surface area contributed by atoms with Gasteiger partial charge in [-0.15, -0.1) is 0 Å². The maximum absolute atomic E-state index is 13.0. The van der Waals surface area contributed by atoms with Crippen molar-refractivity contribution in [3.8, 4) is 0 Å². The lowest BCUT2D eigenvalue weighted by molar-refractivity contribution is -0.120. The molecule has 1 aliphatic heterocycles. The fourth-order valence-electron chi connectivity index (χ4n) is 3.37. The second-order valence-corrected chi connectivity index (χ2v) is 8.88. The van der Waals surface area contributed by atoms with Gasteiger partial charge in [0.25, 0.3) is 17.7 Å². The Morgan fingerprint density at radius 2 is 1.56 bits per heavy atom. The molecule has 3 aromatic rings. The minimum Gasteiger partial charge on any atom is -0.350 e. The normalized spacial score (nSPS) is 13.5. The Balaban J connectivity index is 1.54. The first-order valence-electron chi connectivity index (χ1n) is 10.1. The molecular weight excluding hydrogens is 497 g/mol. The van der Waals surface area contributed by atoms with Crippen molar-refractivity contribution in [2.24, 2.45) is 0 Å². The summed E-state index contributed by atoms with van der Waals surface area (Å²) in [5.74, 6) is -1.67. The zero-order valence-electron chi connectivity index (χ0n) is 18.1. The molecule has 0 fully saturated rings. The molecule has 0 saturated heterocycles. The summed E-state index contributed by atoms with van der Waals surface area (Å²) in [5.41, 5.74) is 3.76. The Hall–Kier alpha value is -3.32. The van der Waals surface area contributed by atoms with E-state index in [9.17, 15) is 14.4 Å². The molecule has 0 spiro atoms. The maximum atomic E-state index is 13.0. The molecule has 2 N–H and O–H groups in total. The summed E-state index contributed by atoms with van der Waals surface area (Å²) in [5, 5.41) is 5.93. The van der Waals surface area contributed by atoms with Crippen LogP contribution in [0.3, 0.4) is 0 Å². The fraction of sp³-hybridized carbons (Fsp3) is 0.0800. The van der Waals surface area contributed by atoms with Crippen LogP contribution in [0, 0.1) is 13.8 Å². The number of carbonyl (C=O) groups is 3. The number of amides is 3. The third kappa shape index (κ3) is 4.66. The van der Waals surface area contributed by atoms with Crippen LogP contribution in [0.2, 0.25) is 10.0 Å². The van der Waals surface area contributed by atoms with E-state index in [2.05, 4.69) is 10.6 Å². The lowest BCUT2D eigenvalue weighted by Gasteiger charge is -2.16. The van der Waals surface area contributed by atoms with Gasteiger partial charge in [0, 0.05) is 16.9 Å². The molecule has 172 valence electrons. The maximum Gasteiger partial charge on any atom is 0.283 e. The van der Waals surface area contributed by atoms with Gasteiger partial charge in [-0.25, -0.2) is 4.90 Å². The fourth-order valence-corrected chi connectivity index (χ4v) is 3.88. The summed E-state index contributed by atoms with van der Waals surface area (Å²) >= 11 is 18.2. The molecule has 4 rings (SSSR count). The second-order valence-electron chi connectivity index (χ2n) is 7.69. The van der Waals surface area contributed by atoms with Crippen molar-refractivity contribution < 1.29 is 14.4 Å². The van der Waals surface area contributed by atoms with Crippen molar-refractivity contribution in [1.82, 2.24) is 0 Å². The van der Waals surface area contributed by atoms with Gasteiger partial charge in [-0.3, -0.25) is 14.4 Å². The van der Waals surface area contributed by atoms with Gasteiger partial charge in [-0.1, -0.05) is 46.9 Å². The number of hydrogen-bond acceptors (Lipinski definition) is 4. The molecule has 0 bridgehead atoms. The zero-order valence-corrected chi connectivity index (χ0v) is 20.3. The summed E-state index contributed by atoms with van der Waals surface area (Å²) in [6.07, 6.45) is 0. The Morgan fingerprint density at radius 3 is 2.26 bits per heavy atom. The quantitative estimate of drug-likeness (QED) is 0.392. The minimum atomic E-state index is -0.698. The lowest BCUT2D eigenvalue weighted by atomic mass is 10.1. The lowest BCUT2D eigenvalue weighted by Crippen LogP contribution is -2.32. The van der Waals surface area contributed by atoms with Crippen LogP contribution >= 0.6 is 34.8 Å². The highest BCUT2D eigenvalue weighted by Gasteiger charge is 2.39. The highest BCUT2D eigenvalue weighted by molar-refractivity contribution is 6.53. The number of hydrogen-bond donors (Lipinski definition) is 2. The molecule has 1 aliphatic rings. The van der Waals surface area contributed by atoms with Crippen molar-refractivity contribution in [1.29, 1.82) is 0 Å². The smallest absolute Gasteiger partial charge is 0.283 e. The standard InChI is InChI=1S/C25H18Cl3N3O3/c1-13-6-7-17(10-14(13)2)30-23(32)15-4-3-5-16(11-15)29-22-21(28)24(33)31(25(22)34)18-8-9-19(26)20(27)12-18/h3-12,29H,1-2H3,(H,30,32). The molecule has 0 aliphatic carbocycles. The van der Waals surface area contributed by atoms with Crippen molar-refractivity contribution >= 4 is 69.6 Å². The average molecular weight is 515 g/mol. The number of benzene rings is 3. The number of anilines is 3. The highest BCUT2D eigenvalue weighted by atomic mass is 35.5. The third-order valence-corrected chi connectivity index (χ3v) is 6.44. The number of halogens is 3.